The number of hydrogen-bond acceptors (Lipinski definition) is 2. The number of pyridine rings is 1. The van der Waals surface area contributed by atoms with E-state index in [4.69, 9.17) is 5.73 Å². The van der Waals surface area contributed by atoms with Crippen LogP contribution in [-0.4, -0.2) is 4.98 Å². The molecule has 90 valence electrons. The summed E-state index contributed by atoms with van der Waals surface area (Å²) in [6.07, 6.45) is -3.65. The van der Waals surface area contributed by atoms with Gasteiger partial charge in [-0.1, -0.05) is 13.0 Å². The molecule has 0 bridgehead atoms. The molecule has 5 heteroatoms. The zero-order chi connectivity index (χ0) is 12.6. The molecule has 0 aliphatic carbocycles. The van der Waals surface area contributed by atoms with E-state index in [-0.39, 0.29) is 11.3 Å². The molecule has 0 aliphatic rings. The van der Waals surface area contributed by atoms with Crippen molar-refractivity contribution in [1.29, 1.82) is 0 Å². The van der Waals surface area contributed by atoms with Gasteiger partial charge in [-0.3, -0.25) is 0 Å². The van der Waals surface area contributed by atoms with E-state index in [0.717, 1.165) is 23.1 Å². The molecule has 2 aromatic rings. The molecule has 0 saturated heterocycles. The SMILES string of the molecule is CCc1cc(N)nc2cc(C(F)(F)F)ccc12. The summed E-state index contributed by atoms with van der Waals surface area (Å²) in [5, 5.41) is 0.717. The third-order valence-electron chi connectivity index (χ3n) is 2.62. The lowest BCUT2D eigenvalue weighted by Gasteiger charge is -2.10. The summed E-state index contributed by atoms with van der Waals surface area (Å²) >= 11 is 0. The Labute approximate surface area is 96.3 Å². The van der Waals surface area contributed by atoms with Gasteiger partial charge >= 0.3 is 6.18 Å². The van der Waals surface area contributed by atoms with Crippen molar-refractivity contribution in [3.05, 3.63) is 35.4 Å². The second-order valence-corrected chi connectivity index (χ2v) is 3.79. The van der Waals surface area contributed by atoms with Crippen LogP contribution in [0, 0.1) is 0 Å². The largest absolute Gasteiger partial charge is 0.416 e. The number of hydrogen-bond donors (Lipinski definition) is 1. The average Bonchev–Trinajstić information content (AvgIpc) is 2.25. The molecule has 0 radical (unpaired) electrons. The Bertz CT molecular complexity index is 561. The lowest BCUT2D eigenvalue weighted by molar-refractivity contribution is -0.137. The van der Waals surface area contributed by atoms with Crippen LogP contribution in [0.2, 0.25) is 0 Å². The molecule has 0 aliphatic heterocycles. The lowest BCUT2D eigenvalue weighted by atomic mass is 10.0. The molecule has 0 saturated carbocycles. The Kier molecular flexibility index (Phi) is 2.69. The number of fused-ring (bicyclic) bond motifs is 1. The maximum atomic E-state index is 12.5. The maximum Gasteiger partial charge on any atom is 0.416 e. The molecule has 1 heterocycles. The van der Waals surface area contributed by atoms with Crippen LogP contribution in [0.3, 0.4) is 0 Å². The molecule has 2 N–H and O–H groups in total. The van der Waals surface area contributed by atoms with E-state index >= 15 is 0 Å². The van der Waals surface area contributed by atoms with Crippen molar-refractivity contribution in [2.75, 3.05) is 5.73 Å². The molecular weight excluding hydrogens is 229 g/mol. The second kappa shape index (κ2) is 3.91. The first-order chi connectivity index (χ1) is 7.91. The molecule has 0 unspecified atom stereocenters. The molecule has 1 aromatic carbocycles. The normalized spacial score (nSPS) is 12.0. The summed E-state index contributed by atoms with van der Waals surface area (Å²) in [6.45, 7) is 1.92. The van der Waals surface area contributed by atoms with E-state index in [9.17, 15) is 13.2 Å². The maximum absolute atomic E-state index is 12.5. The van der Waals surface area contributed by atoms with Crippen molar-refractivity contribution in [3.63, 3.8) is 0 Å². The number of aromatic nitrogens is 1. The van der Waals surface area contributed by atoms with Crippen molar-refractivity contribution in [1.82, 2.24) is 4.98 Å². The van der Waals surface area contributed by atoms with Crippen molar-refractivity contribution >= 4 is 16.7 Å². The van der Waals surface area contributed by atoms with Gasteiger partial charge in [0.15, 0.2) is 0 Å². The Balaban J connectivity index is 2.70. The minimum atomic E-state index is -4.35. The highest BCUT2D eigenvalue weighted by atomic mass is 19.4. The van der Waals surface area contributed by atoms with E-state index in [1.807, 2.05) is 6.92 Å². The summed E-state index contributed by atoms with van der Waals surface area (Å²) in [5.74, 6) is 0.244. The highest BCUT2D eigenvalue weighted by molar-refractivity contribution is 5.84. The van der Waals surface area contributed by atoms with Crippen LogP contribution < -0.4 is 5.73 Å². The quantitative estimate of drug-likeness (QED) is 0.829. The topological polar surface area (TPSA) is 38.9 Å². The van der Waals surface area contributed by atoms with Crippen LogP contribution >= 0.6 is 0 Å². The molecule has 1 aromatic heterocycles. The summed E-state index contributed by atoms with van der Waals surface area (Å²) < 4.78 is 37.6. The lowest BCUT2D eigenvalue weighted by Crippen LogP contribution is -2.05. The Morgan fingerprint density at radius 2 is 1.94 bits per heavy atom. The first-order valence-corrected chi connectivity index (χ1v) is 5.18. The fourth-order valence-corrected chi connectivity index (χ4v) is 1.79. The molecule has 0 amide bonds. The van der Waals surface area contributed by atoms with Crippen LogP contribution in [0.4, 0.5) is 19.0 Å². The van der Waals surface area contributed by atoms with Crippen LogP contribution in [0.5, 0.6) is 0 Å². The van der Waals surface area contributed by atoms with Crippen molar-refractivity contribution in [3.8, 4) is 0 Å². The van der Waals surface area contributed by atoms with Crippen LogP contribution in [0.1, 0.15) is 18.1 Å². The zero-order valence-electron chi connectivity index (χ0n) is 9.17. The number of nitrogen functional groups attached to an aromatic ring is 1. The number of nitrogens with two attached hydrogens (primary N) is 1. The van der Waals surface area contributed by atoms with Gasteiger partial charge in [0.1, 0.15) is 5.82 Å². The molecule has 0 atom stereocenters. The van der Waals surface area contributed by atoms with Gasteiger partial charge in [-0.2, -0.15) is 13.2 Å². The fourth-order valence-electron chi connectivity index (χ4n) is 1.79. The minimum absolute atomic E-state index is 0.244. The number of benzene rings is 1. The number of nitrogens with zero attached hydrogens (tertiary/aromatic N) is 1. The van der Waals surface area contributed by atoms with Gasteiger partial charge in [-0.15, -0.1) is 0 Å². The highest BCUT2D eigenvalue weighted by Crippen LogP contribution is 2.32. The van der Waals surface area contributed by atoms with Gasteiger partial charge in [0.25, 0.3) is 0 Å². The fraction of sp³-hybridized carbons (Fsp3) is 0.250. The monoisotopic (exact) mass is 240 g/mol. The van der Waals surface area contributed by atoms with Crippen LogP contribution in [0.25, 0.3) is 10.9 Å². The summed E-state index contributed by atoms with van der Waals surface area (Å²) in [5.41, 5.74) is 6.06. The van der Waals surface area contributed by atoms with E-state index < -0.39 is 11.7 Å². The molecule has 0 fully saturated rings. The van der Waals surface area contributed by atoms with Crippen molar-refractivity contribution in [2.45, 2.75) is 19.5 Å². The molecule has 2 nitrogen and oxygen atoms in total. The van der Waals surface area contributed by atoms with Crippen molar-refractivity contribution in [2.24, 2.45) is 0 Å². The number of halogens is 3. The van der Waals surface area contributed by atoms with Gasteiger partial charge in [-0.05, 0) is 30.2 Å². The van der Waals surface area contributed by atoms with Gasteiger partial charge < -0.3 is 5.73 Å². The van der Waals surface area contributed by atoms with Gasteiger partial charge in [0, 0.05) is 5.39 Å². The number of alkyl halides is 3. The number of anilines is 1. The average molecular weight is 240 g/mol. The van der Waals surface area contributed by atoms with Crippen LogP contribution in [-0.2, 0) is 12.6 Å². The predicted octanol–water partition coefficient (Wildman–Crippen LogP) is 3.40. The Morgan fingerprint density at radius 1 is 1.24 bits per heavy atom. The standard InChI is InChI=1S/C12H11F3N2/c1-2-7-5-11(16)17-10-6-8(12(13,14)15)3-4-9(7)10/h3-6H,2H2,1H3,(H2,16,17). The number of aryl methyl sites for hydroxylation is 1. The van der Waals surface area contributed by atoms with E-state index in [2.05, 4.69) is 4.98 Å². The van der Waals surface area contributed by atoms with Gasteiger partial charge in [0.05, 0.1) is 11.1 Å². The van der Waals surface area contributed by atoms with Gasteiger partial charge in [0.2, 0.25) is 0 Å². The number of rotatable bonds is 1. The van der Waals surface area contributed by atoms with E-state index in [1.54, 1.807) is 6.07 Å². The van der Waals surface area contributed by atoms with Gasteiger partial charge in [-0.25, -0.2) is 4.98 Å². The summed E-state index contributed by atoms with van der Waals surface area (Å²) in [6, 6.07) is 5.24. The first kappa shape index (κ1) is 11.7. The van der Waals surface area contributed by atoms with Crippen molar-refractivity contribution < 1.29 is 13.2 Å². The second-order valence-electron chi connectivity index (χ2n) is 3.79. The minimum Gasteiger partial charge on any atom is -0.384 e. The molecule has 2 rings (SSSR count). The molecule has 17 heavy (non-hydrogen) atoms. The molecular formula is C12H11F3N2. The third-order valence-corrected chi connectivity index (χ3v) is 2.62. The van der Waals surface area contributed by atoms with E-state index in [1.165, 1.54) is 6.07 Å². The zero-order valence-corrected chi connectivity index (χ0v) is 9.17. The van der Waals surface area contributed by atoms with Crippen LogP contribution in [0.15, 0.2) is 24.3 Å². The Hall–Kier alpha value is -1.78. The Morgan fingerprint density at radius 3 is 2.53 bits per heavy atom. The molecule has 0 spiro atoms. The third kappa shape index (κ3) is 2.18. The summed E-state index contributed by atoms with van der Waals surface area (Å²) in [4.78, 5) is 3.94. The highest BCUT2D eigenvalue weighted by Gasteiger charge is 2.30. The predicted molar refractivity (Wildman–Crippen MR) is 60.5 cm³/mol. The van der Waals surface area contributed by atoms with E-state index in [0.29, 0.717) is 6.42 Å². The first-order valence-electron chi connectivity index (χ1n) is 5.18. The summed E-state index contributed by atoms with van der Waals surface area (Å²) in [7, 11) is 0. The smallest absolute Gasteiger partial charge is 0.384 e.